The van der Waals surface area contributed by atoms with E-state index in [-0.39, 0.29) is 30.9 Å². The van der Waals surface area contributed by atoms with Crippen molar-refractivity contribution >= 4 is 21.7 Å². The zero-order chi connectivity index (χ0) is 19.7. The molecule has 0 fully saturated rings. The number of hydrogen-bond acceptors (Lipinski definition) is 4. The number of anilines is 1. The lowest BCUT2D eigenvalue weighted by Crippen LogP contribution is -2.28. The van der Waals surface area contributed by atoms with Crippen molar-refractivity contribution in [3.05, 3.63) is 60.2 Å². The lowest BCUT2D eigenvalue weighted by atomic mass is 10.2. The Balaban J connectivity index is 1.79. The van der Waals surface area contributed by atoms with Crippen LogP contribution in [0.1, 0.15) is 19.4 Å². The molecule has 7 nitrogen and oxygen atoms in total. The monoisotopic (exact) mass is 390 g/mol. The van der Waals surface area contributed by atoms with E-state index in [1.807, 2.05) is 68.4 Å². The van der Waals surface area contributed by atoms with Crippen LogP contribution in [0.3, 0.4) is 0 Å². The number of hydrogen-bond donors (Lipinski definition) is 3. The van der Waals surface area contributed by atoms with Crippen LogP contribution < -0.4 is 20.5 Å². The maximum Gasteiger partial charge on any atom is 0.213 e. The number of nitrogens with two attached hydrogens (primary N) is 1. The zero-order valence-electron chi connectivity index (χ0n) is 15.6. The third-order valence-electron chi connectivity index (χ3n) is 3.48. The van der Waals surface area contributed by atoms with E-state index in [2.05, 4.69) is 15.0 Å². The Bertz CT molecular complexity index is 835. The average Bonchev–Trinajstić information content (AvgIpc) is 2.62. The minimum Gasteiger partial charge on any atom is -0.491 e. The zero-order valence-corrected chi connectivity index (χ0v) is 16.4. The molecule has 0 spiro atoms. The van der Waals surface area contributed by atoms with Crippen molar-refractivity contribution in [2.75, 3.05) is 17.6 Å². The number of aliphatic imine (C=N–C) groups is 1. The molecule has 0 aromatic heterocycles. The number of benzene rings is 2. The summed E-state index contributed by atoms with van der Waals surface area (Å²) in [5, 5.41) is 2.92. The third kappa shape index (κ3) is 8.10. The predicted molar refractivity (Wildman–Crippen MR) is 109 cm³/mol. The SMILES string of the molecule is CC(C)Oc1ccc(NC(N)=NCCS(=O)(=O)NCc2ccccc2)cc1. The van der Waals surface area contributed by atoms with Crippen molar-refractivity contribution < 1.29 is 13.2 Å². The summed E-state index contributed by atoms with van der Waals surface area (Å²) < 4.78 is 32.1. The summed E-state index contributed by atoms with van der Waals surface area (Å²) >= 11 is 0. The van der Waals surface area contributed by atoms with Crippen molar-refractivity contribution in [3.63, 3.8) is 0 Å². The molecule has 0 bridgehead atoms. The second-order valence-corrected chi connectivity index (χ2v) is 8.13. The van der Waals surface area contributed by atoms with Gasteiger partial charge >= 0.3 is 0 Å². The quantitative estimate of drug-likeness (QED) is 0.450. The molecular weight excluding hydrogens is 364 g/mol. The highest BCUT2D eigenvalue weighted by Gasteiger charge is 2.09. The summed E-state index contributed by atoms with van der Waals surface area (Å²) in [4.78, 5) is 4.06. The van der Waals surface area contributed by atoms with Crippen LogP contribution in [0.25, 0.3) is 0 Å². The first-order valence-corrected chi connectivity index (χ1v) is 10.3. The number of rotatable bonds is 9. The Morgan fingerprint density at radius 1 is 1.11 bits per heavy atom. The summed E-state index contributed by atoms with van der Waals surface area (Å²) in [6.07, 6.45) is 0.105. The van der Waals surface area contributed by atoms with E-state index in [9.17, 15) is 8.42 Å². The first kappa shape index (κ1) is 20.7. The maximum atomic E-state index is 12.0. The molecule has 2 aromatic carbocycles. The Morgan fingerprint density at radius 3 is 2.41 bits per heavy atom. The topological polar surface area (TPSA) is 106 Å². The van der Waals surface area contributed by atoms with E-state index in [4.69, 9.17) is 10.5 Å². The third-order valence-corrected chi connectivity index (χ3v) is 4.78. The Kier molecular flexibility index (Phi) is 7.63. The Labute approximate surface area is 160 Å². The molecule has 0 radical (unpaired) electrons. The minimum atomic E-state index is -3.42. The molecule has 0 unspecified atom stereocenters. The summed E-state index contributed by atoms with van der Waals surface area (Å²) in [6.45, 7) is 4.24. The Morgan fingerprint density at radius 2 is 1.78 bits per heavy atom. The van der Waals surface area contributed by atoms with Gasteiger partial charge in [-0.3, -0.25) is 4.99 Å². The molecule has 8 heteroatoms. The molecule has 2 rings (SSSR count). The van der Waals surface area contributed by atoms with Gasteiger partial charge in [-0.05, 0) is 43.7 Å². The highest BCUT2D eigenvalue weighted by molar-refractivity contribution is 7.89. The highest BCUT2D eigenvalue weighted by Crippen LogP contribution is 2.16. The van der Waals surface area contributed by atoms with Crippen LogP contribution in [0.15, 0.2) is 59.6 Å². The molecule has 2 aromatic rings. The van der Waals surface area contributed by atoms with Gasteiger partial charge in [0.05, 0.1) is 18.4 Å². The van der Waals surface area contributed by atoms with Crippen molar-refractivity contribution in [2.45, 2.75) is 26.5 Å². The van der Waals surface area contributed by atoms with Gasteiger partial charge in [-0.25, -0.2) is 13.1 Å². The summed E-state index contributed by atoms with van der Waals surface area (Å²) in [5.74, 6) is 0.788. The molecule has 27 heavy (non-hydrogen) atoms. The van der Waals surface area contributed by atoms with Gasteiger partial charge in [0.15, 0.2) is 5.96 Å². The lowest BCUT2D eigenvalue weighted by molar-refractivity contribution is 0.242. The van der Waals surface area contributed by atoms with Gasteiger partial charge in [-0.1, -0.05) is 30.3 Å². The van der Waals surface area contributed by atoms with Gasteiger partial charge < -0.3 is 15.8 Å². The van der Waals surface area contributed by atoms with Crippen LogP contribution in [0.5, 0.6) is 5.75 Å². The van der Waals surface area contributed by atoms with Crippen LogP contribution >= 0.6 is 0 Å². The van der Waals surface area contributed by atoms with E-state index in [0.29, 0.717) is 0 Å². The van der Waals surface area contributed by atoms with Crippen molar-refractivity contribution in [1.29, 1.82) is 0 Å². The van der Waals surface area contributed by atoms with E-state index in [1.54, 1.807) is 0 Å². The van der Waals surface area contributed by atoms with Gasteiger partial charge in [0.25, 0.3) is 0 Å². The lowest BCUT2D eigenvalue weighted by Gasteiger charge is -2.11. The Hall–Kier alpha value is -2.58. The number of nitrogens with one attached hydrogen (secondary N) is 2. The molecule has 0 heterocycles. The first-order valence-electron chi connectivity index (χ1n) is 8.69. The largest absolute Gasteiger partial charge is 0.491 e. The second-order valence-electron chi connectivity index (χ2n) is 6.21. The van der Waals surface area contributed by atoms with Gasteiger partial charge in [-0.15, -0.1) is 0 Å². The fourth-order valence-electron chi connectivity index (χ4n) is 2.22. The van der Waals surface area contributed by atoms with Crippen molar-refractivity contribution in [1.82, 2.24) is 4.72 Å². The summed E-state index contributed by atoms with van der Waals surface area (Å²) in [5.41, 5.74) is 7.46. The van der Waals surface area contributed by atoms with E-state index in [1.165, 1.54) is 0 Å². The van der Waals surface area contributed by atoms with Crippen LogP contribution in [0.4, 0.5) is 5.69 Å². The molecular formula is C19H26N4O3S. The number of nitrogens with zero attached hydrogens (tertiary/aromatic N) is 1. The first-order chi connectivity index (χ1) is 12.8. The van der Waals surface area contributed by atoms with Crippen LogP contribution in [0.2, 0.25) is 0 Å². The number of guanidine groups is 1. The average molecular weight is 391 g/mol. The second kappa shape index (κ2) is 9.94. The molecule has 146 valence electrons. The van der Waals surface area contributed by atoms with Gasteiger partial charge in [0.2, 0.25) is 10.0 Å². The smallest absolute Gasteiger partial charge is 0.213 e. The molecule has 4 N–H and O–H groups in total. The maximum absolute atomic E-state index is 12.0. The summed E-state index contributed by atoms with van der Waals surface area (Å²) in [7, 11) is -3.42. The standard InChI is InChI=1S/C19H26N4O3S/c1-15(2)26-18-10-8-17(9-11-18)23-19(20)21-12-13-27(24,25)22-14-16-6-4-3-5-7-16/h3-11,15,22H,12-14H2,1-2H3,(H3,20,21,23). The fourth-order valence-corrected chi connectivity index (χ4v) is 3.09. The van der Waals surface area contributed by atoms with E-state index < -0.39 is 10.0 Å². The molecule has 0 saturated heterocycles. The molecule has 0 saturated carbocycles. The van der Waals surface area contributed by atoms with Crippen LogP contribution in [-0.2, 0) is 16.6 Å². The van der Waals surface area contributed by atoms with Crippen LogP contribution in [-0.4, -0.2) is 32.8 Å². The van der Waals surface area contributed by atoms with Gasteiger partial charge in [0, 0.05) is 12.2 Å². The number of ether oxygens (including phenoxy) is 1. The highest BCUT2D eigenvalue weighted by atomic mass is 32.2. The fraction of sp³-hybridized carbons (Fsp3) is 0.316. The van der Waals surface area contributed by atoms with Crippen LogP contribution in [0, 0.1) is 0 Å². The molecule has 0 amide bonds. The molecule has 0 aliphatic carbocycles. The normalized spacial score (nSPS) is 12.2. The van der Waals surface area contributed by atoms with Crippen molar-refractivity contribution in [2.24, 2.45) is 10.7 Å². The number of sulfonamides is 1. The molecule has 0 atom stereocenters. The molecule has 0 aliphatic rings. The van der Waals surface area contributed by atoms with Gasteiger partial charge in [0.1, 0.15) is 5.75 Å². The molecule has 0 aliphatic heterocycles. The van der Waals surface area contributed by atoms with E-state index >= 15 is 0 Å². The van der Waals surface area contributed by atoms with Crippen molar-refractivity contribution in [3.8, 4) is 5.75 Å². The minimum absolute atomic E-state index is 0.0670. The summed E-state index contributed by atoms with van der Waals surface area (Å²) in [6, 6.07) is 16.6. The predicted octanol–water partition coefficient (Wildman–Crippen LogP) is 2.32. The van der Waals surface area contributed by atoms with Gasteiger partial charge in [-0.2, -0.15) is 0 Å². The van der Waals surface area contributed by atoms with E-state index in [0.717, 1.165) is 17.0 Å².